The predicted molar refractivity (Wildman–Crippen MR) is 114 cm³/mol. The Morgan fingerprint density at radius 3 is 1.84 bits per heavy atom. The number of nitrogens with two attached hydrogens (primary N) is 3. The molecule has 3 heterocycles. The van der Waals surface area contributed by atoms with Crippen molar-refractivity contribution in [1.29, 1.82) is 0 Å². The minimum Gasteiger partial charge on any atom is -0.477 e. The normalized spacial score (nSPS) is 51.1. The number of hydrogen-bond acceptors (Lipinski definition) is 17. The quantitative estimate of drug-likeness (QED) is 0.135. The summed E-state index contributed by atoms with van der Waals surface area (Å²) < 4.78 is 27.0. The number of carboxylic acid groups (broad SMARTS) is 1. The van der Waals surface area contributed by atoms with Gasteiger partial charge in [0, 0.05) is 0 Å². The monoisotopic (exact) mass is 545 g/mol. The van der Waals surface area contributed by atoms with Gasteiger partial charge < -0.3 is 86.8 Å². The lowest BCUT2D eigenvalue weighted by Crippen LogP contribution is -2.75. The largest absolute Gasteiger partial charge is 0.477 e. The summed E-state index contributed by atoms with van der Waals surface area (Å²) in [5, 5.41) is 90.1. The molecular formula is C19H35N3O15. The molecule has 0 aliphatic carbocycles. The molecule has 3 fully saturated rings. The molecule has 3 rings (SSSR count). The van der Waals surface area contributed by atoms with Gasteiger partial charge in [0.05, 0.1) is 37.9 Å². The fourth-order valence-corrected chi connectivity index (χ4v) is 4.51. The van der Waals surface area contributed by atoms with Crippen molar-refractivity contribution in [2.24, 2.45) is 17.2 Å². The highest BCUT2D eigenvalue weighted by molar-refractivity contribution is 5.77. The molecule has 18 nitrogen and oxygen atoms in total. The van der Waals surface area contributed by atoms with Gasteiger partial charge in [0.25, 0.3) is 5.79 Å². The Morgan fingerprint density at radius 2 is 1.30 bits per heavy atom. The molecule has 0 amide bonds. The zero-order chi connectivity index (χ0) is 27.8. The number of carbonyl (C=O) groups is 1. The Hall–Kier alpha value is -1.17. The third-order valence-corrected chi connectivity index (χ3v) is 6.77. The fraction of sp³-hybridized carbons (Fsp3) is 0.947. The highest BCUT2D eigenvalue weighted by Crippen LogP contribution is 2.36. The van der Waals surface area contributed by atoms with Crippen LogP contribution in [-0.2, 0) is 28.5 Å². The summed E-state index contributed by atoms with van der Waals surface area (Å²) in [6.07, 6.45) is -18.0. The Balaban J connectivity index is 1.84. The molecule has 15 atom stereocenters. The van der Waals surface area contributed by atoms with Crippen LogP contribution in [-0.4, -0.2) is 163 Å². The average molecular weight is 545 g/mol. The minimum atomic E-state index is -2.93. The summed E-state index contributed by atoms with van der Waals surface area (Å²) in [6.45, 7) is -2.55. The molecule has 18 heteroatoms. The van der Waals surface area contributed by atoms with Gasteiger partial charge in [0.1, 0.15) is 54.9 Å². The summed E-state index contributed by atoms with van der Waals surface area (Å²) in [4.78, 5) is 12.2. The van der Waals surface area contributed by atoms with Gasteiger partial charge in [0.2, 0.25) is 0 Å². The van der Waals surface area contributed by atoms with Crippen LogP contribution in [0, 0.1) is 0 Å². The first kappa shape index (κ1) is 30.4. The van der Waals surface area contributed by atoms with Gasteiger partial charge >= 0.3 is 5.97 Å². The van der Waals surface area contributed by atoms with Crippen molar-refractivity contribution in [3.05, 3.63) is 0 Å². The van der Waals surface area contributed by atoms with Gasteiger partial charge in [-0.05, 0) is 0 Å². The minimum absolute atomic E-state index is 0.720. The zero-order valence-electron chi connectivity index (χ0n) is 19.4. The Labute approximate surface area is 209 Å². The predicted octanol–water partition coefficient (Wildman–Crippen LogP) is -8.22. The average Bonchev–Trinajstić information content (AvgIpc) is 2.88. The molecule has 2 unspecified atom stereocenters. The van der Waals surface area contributed by atoms with E-state index in [2.05, 4.69) is 0 Å². The molecule has 0 aromatic rings. The number of rotatable bonds is 8. The molecule has 37 heavy (non-hydrogen) atoms. The molecule has 15 N–H and O–H groups in total. The van der Waals surface area contributed by atoms with E-state index in [0.717, 1.165) is 0 Å². The number of aliphatic hydroxyl groups excluding tert-OH is 8. The van der Waals surface area contributed by atoms with Crippen molar-refractivity contribution in [1.82, 2.24) is 0 Å². The van der Waals surface area contributed by atoms with Gasteiger partial charge in [-0.3, -0.25) is 0 Å². The van der Waals surface area contributed by atoms with Crippen LogP contribution in [0.1, 0.15) is 0 Å². The molecule has 3 aliphatic heterocycles. The van der Waals surface area contributed by atoms with E-state index >= 15 is 0 Å². The summed E-state index contributed by atoms with van der Waals surface area (Å²) >= 11 is 0. The lowest BCUT2D eigenvalue weighted by molar-refractivity contribution is -0.372. The highest BCUT2D eigenvalue weighted by Gasteiger charge is 2.62. The van der Waals surface area contributed by atoms with Crippen LogP contribution >= 0.6 is 0 Å². The van der Waals surface area contributed by atoms with E-state index in [1.807, 2.05) is 0 Å². The van der Waals surface area contributed by atoms with E-state index in [1.54, 1.807) is 0 Å². The second kappa shape index (κ2) is 11.9. The SMILES string of the molecule is N[C@H]1[C@H](OC2[C@@H](CO)O[C@@H](O)[C@H](N)[C@H]2O)O[C@H](CO)C(O[C@@]2(C(=O)O)O[C@H](CO)[C@@H](O)[C@H](O)[C@H]2N)[C@@H]1O. The second-order valence-corrected chi connectivity index (χ2v) is 9.11. The molecule has 0 saturated carbocycles. The summed E-state index contributed by atoms with van der Waals surface area (Å²) in [6, 6.07) is -4.83. The molecular weight excluding hydrogens is 510 g/mol. The Bertz CT molecular complexity index is 777. The Morgan fingerprint density at radius 1 is 0.757 bits per heavy atom. The smallest absolute Gasteiger partial charge is 0.366 e. The second-order valence-electron chi connectivity index (χ2n) is 9.11. The van der Waals surface area contributed by atoms with Gasteiger partial charge in [-0.2, -0.15) is 0 Å². The topological polar surface area (TPSA) is 323 Å². The summed E-state index contributed by atoms with van der Waals surface area (Å²) in [5.41, 5.74) is 17.5. The van der Waals surface area contributed by atoms with E-state index in [0.29, 0.717) is 0 Å². The lowest BCUT2D eigenvalue weighted by Gasteiger charge is -2.51. The Kier molecular flexibility index (Phi) is 9.78. The number of carboxylic acids is 1. The third kappa shape index (κ3) is 5.47. The van der Waals surface area contributed by atoms with E-state index < -0.39 is 117 Å². The first-order chi connectivity index (χ1) is 17.3. The van der Waals surface area contributed by atoms with Crippen LogP contribution in [0.4, 0.5) is 0 Å². The van der Waals surface area contributed by atoms with Crippen LogP contribution in [0.2, 0.25) is 0 Å². The molecule has 0 spiro atoms. The first-order valence-electron chi connectivity index (χ1n) is 11.4. The number of aliphatic carboxylic acids is 1. The number of ether oxygens (including phenoxy) is 5. The van der Waals surface area contributed by atoms with Crippen LogP contribution in [0.25, 0.3) is 0 Å². The van der Waals surface area contributed by atoms with E-state index in [9.17, 15) is 50.8 Å². The van der Waals surface area contributed by atoms with Gasteiger partial charge in [0.15, 0.2) is 12.6 Å². The van der Waals surface area contributed by atoms with Crippen molar-refractivity contribution in [2.75, 3.05) is 19.8 Å². The zero-order valence-corrected chi connectivity index (χ0v) is 19.4. The van der Waals surface area contributed by atoms with E-state index in [4.69, 9.17) is 40.9 Å². The van der Waals surface area contributed by atoms with Crippen molar-refractivity contribution in [3.8, 4) is 0 Å². The summed E-state index contributed by atoms with van der Waals surface area (Å²) in [5.74, 6) is -4.82. The first-order valence-corrected chi connectivity index (χ1v) is 11.4. The van der Waals surface area contributed by atoms with Crippen LogP contribution in [0.15, 0.2) is 0 Å². The lowest BCUT2D eigenvalue weighted by atomic mass is 9.89. The maximum atomic E-state index is 12.2. The van der Waals surface area contributed by atoms with Gasteiger partial charge in [-0.1, -0.05) is 0 Å². The van der Waals surface area contributed by atoms with Crippen molar-refractivity contribution >= 4 is 5.97 Å². The molecule has 0 aromatic heterocycles. The molecule has 3 saturated heterocycles. The number of aliphatic hydroxyl groups is 8. The van der Waals surface area contributed by atoms with E-state index in [1.165, 1.54) is 0 Å². The van der Waals surface area contributed by atoms with Crippen LogP contribution in [0.5, 0.6) is 0 Å². The maximum absolute atomic E-state index is 12.2. The molecule has 0 radical (unpaired) electrons. The molecule has 0 aromatic carbocycles. The molecule has 3 aliphatic rings. The molecule has 0 bridgehead atoms. The van der Waals surface area contributed by atoms with E-state index in [-0.39, 0.29) is 0 Å². The third-order valence-electron chi connectivity index (χ3n) is 6.77. The van der Waals surface area contributed by atoms with Crippen LogP contribution in [0.3, 0.4) is 0 Å². The summed E-state index contributed by atoms with van der Waals surface area (Å²) in [7, 11) is 0. The highest BCUT2D eigenvalue weighted by atomic mass is 16.8. The van der Waals surface area contributed by atoms with Gasteiger partial charge in [-0.25, -0.2) is 4.79 Å². The maximum Gasteiger partial charge on any atom is 0.366 e. The van der Waals surface area contributed by atoms with Gasteiger partial charge in [-0.15, -0.1) is 0 Å². The fourth-order valence-electron chi connectivity index (χ4n) is 4.51. The standard InChI is InChI=1S/C19H35N3O15/c20-7-10(27)13(5(2-24)33-16(7)30)35-17-8(21)11(28)14(6(3-25)34-17)37-19(18(31)32)15(22)12(29)9(26)4(1-23)36-19/h4-17,23-30H,1-3,20-22H2,(H,31,32)/t4-,5-,6-,7-,8-,9-,10-,11-,12+,13?,14?,15-,16-,17+,19+/m1/s1. The van der Waals surface area contributed by atoms with Crippen molar-refractivity contribution in [2.45, 2.75) is 91.4 Å². The number of hydrogen-bond donors (Lipinski definition) is 12. The van der Waals surface area contributed by atoms with Crippen molar-refractivity contribution in [3.63, 3.8) is 0 Å². The van der Waals surface area contributed by atoms with Crippen molar-refractivity contribution < 1.29 is 74.4 Å². The van der Waals surface area contributed by atoms with Crippen LogP contribution < -0.4 is 17.2 Å². The molecule has 216 valence electrons.